The predicted molar refractivity (Wildman–Crippen MR) is 125 cm³/mol. The van der Waals surface area contributed by atoms with Crippen molar-refractivity contribution in [3.8, 4) is 0 Å². The highest BCUT2D eigenvalue weighted by atomic mass is 16.6. The van der Waals surface area contributed by atoms with Gasteiger partial charge in [-0.2, -0.15) is 0 Å². The summed E-state index contributed by atoms with van der Waals surface area (Å²) in [6.45, 7) is 13.1. The van der Waals surface area contributed by atoms with Crippen molar-refractivity contribution in [3.05, 3.63) is 70.4 Å². The molecule has 0 amide bonds. The van der Waals surface area contributed by atoms with Crippen molar-refractivity contribution in [1.82, 2.24) is 0 Å². The van der Waals surface area contributed by atoms with E-state index in [2.05, 4.69) is 64.7 Å². The Balaban J connectivity index is 2.01. The molecule has 4 heteroatoms. The summed E-state index contributed by atoms with van der Waals surface area (Å²) in [4.78, 5) is 19.1. The summed E-state index contributed by atoms with van der Waals surface area (Å²) in [5.74, 6) is -0.0482. The van der Waals surface area contributed by atoms with Crippen molar-refractivity contribution in [2.45, 2.75) is 52.4 Å². The van der Waals surface area contributed by atoms with Crippen molar-refractivity contribution in [2.24, 2.45) is 4.99 Å². The largest absolute Gasteiger partial charge is 0.402 e. The minimum atomic E-state index is -0.417. The highest BCUT2D eigenvalue weighted by molar-refractivity contribution is 6.13. The number of hydrogen-bond donors (Lipinski definition) is 0. The number of benzene rings is 2. The third kappa shape index (κ3) is 4.81. The van der Waals surface area contributed by atoms with E-state index in [4.69, 9.17) is 4.74 Å². The molecule has 0 aliphatic carbocycles. The first-order valence-corrected chi connectivity index (χ1v) is 10.3. The second-order valence-corrected chi connectivity index (χ2v) is 10.1. The molecule has 0 radical (unpaired) electrons. The van der Waals surface area contributed by atoms with Gasteiger partial charge in [-0.1, -0.05) is 59.7 Å². The molecule has 1 aliphatic rings. The van der Waals surface area contributed by atoms with E-state index in [0.717, 1.165) is 16.8 Å². The average Bonchev–Trinajstić information content (AvgIpc) is 3.01. The summed E-state index contributed by atoms with van der Waals surface area (Å²) < 4.78 is 5.56. The molecule has 0 N–H and O–H groups in total. The zero-order valence-electron chi connectivity index (χ0n) is 19.3. The van der Waals surface area contributed by atoms with E-state index in [1.54, 1.807) is 6.08 Å². The summed E-state index contributed by atoms with van der Waals surface area (Å²) >= 11 is 0. The van der Waals surface area contributed by atoms with Crippen LogP contribution in [0.1, 0.15) is 63.8 Å². The number of aliphatic imine (C=N–C) groups is 1. The fourth-order valence-electron chi connectivity index (χ4n) is 3.18. The number of cyclic esters (lactones) is 1. The molecule has 2 aromatic rings. The molecule has 0 bridgehead atoms. The Morgan fingerprint density at radius 2 is 1.40 bits per heavy atom. The molecule has 3 rings (SSSR count). The van der Waals surface area contributed by atoms with Crippen molar-refractivity contribution in [3.63, 3.8) is 0 Å². The molecule has 0 aromatic heterocycles. The second-order valence-electron chi connectivity index (χ2n) is 10.1. The summed E-state index contributed by atoms with van der Waals surface area (Å²) in [5.41, 5.74) is 5.52. The first-order chi connectivity index (χ1) is 13.8. The zero-order valence-corrected chi connectivity index (χ0v) is 19.3. The van der Waals surface area contributed by atoms with E-state index >= 15 is 0 Å². The topological polar surface area (TPSA) is 41.9 Å². The highest BCUT2D eigenvalue weighted by Gasteiger charge is 2.27. The van der Waals surface area contributed by atoms with Crippen LogP contribution in [0.3, 0.4) is 0 Å². The maximum atomic E-state index is 12.5. The Morgan fingerprint density at radius 3 is 1.87 bits per heavy atom. The third-order valence-electron chi connectivity index (χ3n) is 5.25. The number of ether oxygens (including phenoxy) is 1. The Bertz CT molecular complexity index is 982. The number of rotatable bonds is 3. The van der Waals surface area contributed by atoms with Gasteiger partial charge in [-0.15, -0.1) is 0 Å². The molecule has 0 fully saturated rings. The maximum absolute atomic E-state index is 12.5. The van der Waals surface area contributed by atoms with Gasteiger partial charge in [-0.25, -0.2) is 9.79 Å². The first-order valence-electron chi connectivity index (χ1n) is 10.3. The molecule has 0 spiro atoms. The Labute approximate surface area is 180 Å². The van der Waals surface area contributed by atoms with Crippen LogP contribution in [0.5, 0.6) is 0 Å². The minimum absolute atomic E-state index is 0.0218. The van der Waals surface area contributed by atoms with E-state index in [-0.39, 0.29) is 10.8 Å². The van der Waals surface area contributed by atoms with Crippen molar-refractivity contribution >= 4 is 23.6 Å². The SMILES string of the molecule is CN(C)c1ccc(/C=C2\N=C(c3cc(C(C)(C)C)cc(C(C)(C)C)c3)OC2=O)cc1. The van der Waals surface area contributed by atoms with Gasteiger partial charge >= 0.3 is 5.97 Å². The Kier molecular flexibility index (Phi) is 5.64. The van der Waals surface area contributed by atoms with Crippen LogP contribution in [0.2, 0.25) is 0 Å². The Hall–Kier alpha value is -2.88. The van der Waals surface area contributed by atoms with Gasteiger partial charge in [0.05, 0.1) is 0 Å². The predicted octanol–water partition coefficient (Wildman–Crippen LogP) is 5.69. The van der Waals surface area contributed by atoms with E-state index < -0.39 is 5.97 Å². The summed E-state index contributed by atoms with van der Waals surface area (Å²) in [6.07, 6.45) is 1.77. The molecule has 4 nitrogen and oxygen atoms in total. The molecular formula is C26H32N2O2. The van der Waals surface area contributed by atoms with Crippen LogP contribution in [-0.4, -0.2) is 26.0 Å². The van der Waals surface area contributed by atoms with E-state index in [9.17, 15) is 4.79 Å². The lowest BCUT2D eigenvalue weighted by molar-refractivity contribution is -0.129. The van der Waals surface area contributed by atoms with Crippen LogP contribution < -0.4 is 4.90 Å². The molecule has 0 unspecified atom stereocenters. The highest BCUT2D eigenvalue weighted by Crippen LogP contribution is 2.31. The molecule has 0 atom stereocenters. The summed E-state index contributed by atoms with van der Waals surface area (Å²) in [7, 11) is 3.99. The lowest BCUT2D eigenvalue weighted by Crippen LogP contribution is -2.18. The van der Waals surface area contributed by atoms with Gasteiger partial charge < -0.3 is 9.64 Å². The first kappa shape index (κ1) is 21.8. The minimum Gasteiger partial charge on any atom is -0.402 e. The van der Waals surface area contributed by atoms with E-state index in [1.165, 1.54) is 11.1 Å². The van der Waals surface area contributed by atoms with Gasteiger partial charge in [0.1, 0.15) is 0 Å². The summed E-state index contributed by atoms with van der Waals surface area (Å²) in [5, 5.41) is 0. The van der Waals surface area contributed by atoms with Crippen molar-refractivity contribution in [2.75, 3.05) is 19.0 Å². The fraction of sp³-hybridized carbons (Fsp3) is 0.385. The quantitative estimate of drug-likeness (QED) is 0.487. The van der Waals surface area contributed by atoms with Crippen LogP contribution in [-0.2, 0) is 20.4 Å². The smallest absolute Gasteiger partial charge is 0.363 e. The Morgan fingerprint density at radius 1 is 0.867 bits per heavy atom. The summed E-state index contributed by atoms with van der Waals surface area (Å²) in [6, 6.07) is 14.4. The van der Waals surface area contributed by atoms with E-state index in [0.29, 0.717) is 11.6 Å². The van der Waals surface area contributed by atoms with Gasteiger partial charge in [0.25, 0.3) is 0 Å². The lowest BCUT2D eigenvalue weighted by Gasteiger charge is -2.26. The number of esters is 1. The molecule has 0 saturated heterocycles. The number of anilines is 1. The standard InChI is InChI=1S/C26H32N2O2/c1-25(2,3)19-14-18(15-20(16-19)26(4,5)6)23-27-22(24(29)30-23)13-17-9-11-21(12-10-17)28(7)8/h9-16H,1-8H3/b22-13-. The molecule has 30 heavy (non-hydrogen) atoms. The number of nitrogens with zero attached hydrogens (tertiary/aromatic N) is 2. The normalized spacial score (nSPS) is 15.9. The van der Waals surface area contributed by atoms with E-state index in [1.807, 2.05) is 43.3 Å². The van der Waals surface area contributed by atoms with Crippen LogP contribution in [0.25, 0.3) is 6.08 Å². The van der Waals surface area contributed by atoms with Crippen molar-refractivity contribution in [1.29, 1.82) is 0 Å². The van der Waals surface area contributed by atoms with Gasteiger partial charge in [0.15, 0.2) is 5.70 Å². The monoisotopic (exact) mass is 404 g/mol. The van der Waals surface area contributed by atoms with Crippen molar-refractivity contribution < 1.29 is 9.53 Å². The number of carbonyl (C=O) groups excluding carboxylic acids is 1. The van der Waals surface area contributed by atoms with Gasteiger partial charge in [0, 0.05) is 25.3 Å². The van der Waals surface area contributed by atoms with Crippen LogP contribution >= 0.6 is 0 Å². The second kappa shape index (κ2) is 7.75. The zero-order chi connectivity index (χ0) is 22.3. The lowest BCUT2D eigenvalue weighted by atomic mass is 9.79. The van der Waals surface area contributed by atoms with Crippen LogP contribution in [0.4, 0.5) is 5.69 Å². The number of hydrogen-bond acceptors (Lipinski definition) is 4. The van der Waals surface area contributed by atoms with Gasteiger partial charge in [0.2, 0.25) is 5.90 Å². The number of carbonyl (C=O) groups is 1. The molecule has 2 aromatic carbocycles. The van der Waals surface area contributed by atoms with Gasteiger partial charge in [-0.3, -0.25) is 0 Å². The fourth-order valence-corrected chi connectivity index (χ4v) is 3.18. The molecule has 1 aliphatic heterocycles. The van der Waals surface area contributed by atoms with Crippen LogP contribution in [0.15, 0.2) is 53.2 Å². The molecular weight excluding hydrogens is 372 g/mol. The van der Waals surface area contributed by atoms with Crippen LogP contribution in [0, 0.1) is 0 Å². The molecule has 0 saturated carbocycles. The molecule has 1 heterocycles. The molecule has 158 valence electrons. The maximum Gasteiger partial charge on any atom is 0.363 e. The van der Waals surface area contributed by atoms with Gasteiger partial charge in [-0.05, 0) is 57.9 Å². The average molecular weight is 405 g/mol. The third-order valence-corrected chi connectivity index (χ3v) is 5.25.